The Morgan fingerprint density at radius 2 is 0.636 bits per heavy atom. The summed E-state index contributed by atoms with van der Waals surface area (Å²) in [6.45, 7) is 0. The van der Waals surface area contributed by atoms with E-state index < -0.39 is 23.9 Å². The Labute approximate surface area is 249 Å². The minimum absolute atomic E-state index is 0. The largest absolute Gasteiger partial charge is 0 e. The van der Waals surface area contributed by atoms with Crippen LogP contribution in [0.25, 0.3) is 0 Å². The van der Waals surface area contributed by atoms with Gasteiger partial charge in [0.25, 0.3) is 0 Å². The summed E-state index contributed by atoms with van der Waals surface area (Å²) in [5, 5.41) is 33.6. The Bertz CT molecular complexity index is 662. The van der Waals surface area contributed by atoms with Crippen LogP contribution in [0.5, 0.6) is 0 Å². The summed E-state index contributed by atoms with van der Waals surface area (Å²) in [7, 11) is 0. The molecule has 0 aliphatic carbocycles. The van der Waals surface area contributed by atoms with Crippen LogP contribution < -0.4 is 0 Å². The van der Waals surface area contributed by atoms with Crippen molar-refractivity contribution in [2.75, 3.05) is 0 Å². The van der Waals surface area contributed by atoms with E-state index in [9.17, 15) is 19.2 Å². The zero-order chi connectivity index (χ0) is 23.9. The summed E-state index contributed by atoms with van der Waals surface area (Å²) < 4.78 is 0. The van der Waals surface area contributed by atoms with Gasteiger partial charge in [0.1, 0.15) is 0 Å². The second-order valence-corrected chi connectivity index (χ2v) is 31.7. The number of rotatable bonds is 4. The molecule has 0 aromatic heterocycles. The van der Waals surface area contributed by atoms with Gasteiger partial charge in [-0.05, 0) is 0 Å². The number of hydrogen-bond acceptors (Lipinski definition) is 4. The molecular weight excluding hydrogens is 1050 g/mol. The number of carbonyl (C=O) groups is 4. The molecule has 4 aliphatic rings. The van der Waals surface area contributed by atoms with Gasteiger partial charge in [-0.2, -0.15) is 0 Å². The molecule has 8 nitrogen and oxygen atoms in total. The normalized spacial score (nSPS) is 25.5. The van der Waals surface area contributed by atoms with E-state index in [1.165, 1.54) is 0 Å². The maximum Gasteiger partial charge on any atom is 0 e. The Balaban J connectivity index is 0.000000410. The van der Waals surface area contributed by atoms with Crippen LogP contribution >= 0.6 is 0 Å². The molecule has 0 aromatic rings. The first-order valence-corrected chi connectivity index (χ1v) is 33.3. The van der Waals surface area contributed by atoms with Gasteiger partial charge in [-0.25, -0.2) is 0 Å². The molecule has 0 spiro atoms. The fourth-order valence-electron chi connectivity index (χ4n) is 1.40. The Hall–Kier alpha value is 1.68. The van der Waals surface area contributed by atoms with Crippen LogP contribution in [0.4, 0.5) is 0 Å². The summed E-state index contributed by atoms with van der Waals surface area (Å²) >= 11 is 3.54. The number of aliphatic carboxylic acids is 4. The Kier molecular flexibility index (Phi) is 21.8. The maximum atomic E-state index is 10.2. The van der Waals surface area contributed by atoms with Gasteiger partial charge in [-0.1, -0.05) is 0 Å². The molecule has 0 amide bonds. The molecule has 4 rings (SSSR count). The molecule has 33 heavy (non-hydrogen) atoms. The molecule has 4 N–H and O–H groups in total. The van der Waals surface area contributed by atoms with E-state index in [1.54, 1.807) is 0 Å². The van der Waals surface area contributed by atoms with E-state index in [4.69, 9.17) is 20.4 Å². The van der Waals surface area contributed by atoms with E-state index in [2.05, 4.69) is 0 Å². The standard InChI is InChI=1S/4C4H4O2Se2.Mo/c4*5-4(6)3-1-2-7-8-3;/h4*1-3H,(H,5,6);. The van der Waals surface area contributed by atoms with Gasteiger partial charge in [-0.15, -0.1) is 0 Å². The summed E-state index contributed by atoms with van der Waals surface area (Å²) in [5.74, 6) is -2.61. The van der Waals surface area contributed by atoms with E-state index in [-0.39, 0.29) is 40.3 Å². The molecule has 0 radical (unpaired) electrons. The third-order valence-electron chi connectivity index (χ3n) is 2.85. The first-order valence-electron chi connectivity index (χ1n) is 8.08. The molecule has 4 unspecified atom stereocenters. The number of carboxylic acid groups (broad SMARTS) is 4. The van der Waals surface area contributed by atoms with Crippen molar-refractivity contribution in [1.82, 2.24) is 0 Å². The molecule has 0 fully saturated rings. The van der Waals surface area contributed by atoms with Crippen molar-refractivity contribution in [2.45, 2.75) is 19.3 Å². The molecule has 4 aliphatic heterocycles. The van der Waals surface area contributed by atoms with Crippen LogP contribution in [0, 0.1) is 0 Å². The summed E-state index contributed by atoms with van der Waals surface area (Å²) in [4.78, 5) is 48.3. The van der Waals surface area contributed by atoms with Crippen molar-refractivity contribution >= 4 is 129 Å². The molecule has 4 atom stereocenters. The van der Waals surface area contributed by atoms with Gasteiger partial charge in [-0.3, -0.25) is 0 Å². The van der Waals surface area contributed by atoms with Crippen molar-refractivity contribution in [1.29, 1.82) is 0 Å². The Morgan fingerprint density at radius 3 is 0.697 bits per heavy atom. The molecular formula is C16H16MoO8Se8. The monoisotopic (exact) mass is 1070 g/mol. The number of carboxylic acids is 4. The van der Waals surface area contributed by atoms with Crippen molar-refractivity contribution in [3.8, 4) is 0 Å². The second kappa shape index (κ2) is 20.7. The quantitative estimate of drug-likeness (QED) is 0.258. The minimum atomic E-state index is -0.652. The van der Waals surface area contributed by atoms with Crippen molar-refractivity contribution in [2.24, 2.45) is 0 Å². The minimum Gasteiger partial charge on any atom is 0 e. The second-order valence-electron chi connectivity index (χ2n) is 5.12. The zero-order valence-electron chi connectivity index (χ0n) is 16.0. The molecule has 0 saturated heterocycles. The fourth-order valence-corrected chi connectivity index (χ4v) is 25.9. The van der Waals surface area contributed by atoms with Crippen molar-refractivity contribution < 1.29 is 60.7 Å². The third-order valence-corrected chi connectivity index (χ3v) is 29.5. The zero-order valence-corrected chi connectivity index (χ0v) is 31.7. The van der Waals surface area contributed by atoms with Crippen LogP contribution in [-0.4, -0.2) is 149 Å². The average molecular weight is 1060 g/mol. The molecule has 0 bridgehead atoms. The number of hydrogen-bond donors (Lipinski definition) is 4. The van der Waals surface area contributed by atoms with Crippen LogP contribution in [0.3, 0.4) is 0 Å². The van der Waals surface area contributed by atoms with Crippen LogP contribution in [0.2, 0.25) is 19.3 Å². The van der Waals surface area contributed by atoms with Gasteiger partial charge < -0.3 is 0 Å². The third kappa shape index (κ3) is 16.2. The first-order chi connectivity index (χ1) is 15.2. The van der Waals surface area contributed by atoms with Gasteiger partial charge >= 0.3 is 232 Å². The van der Waals surface area contributed by atoms with Crippen molar-refractivity contribution in [3.05, 3.63) is 44.2 Å². The van der Waals surface area contributed by atoms with Gasteiger partial charge in [0.2, 0.25) is 0 Å². The topological polar surface area (TPSA) is 149 Å². The maximum absolute atomic E-state index is 10.2. The molecule has 0 saturated carbocycles. The SMILES string of the molecule is O=C(O)C1C=C[Se][Se]1.O=C(O)C1C=C[Se][Se]1.O=C(O)C1C=C[Se][Se]1.O=C(O)C1C=C[Se][Se]1.[Mo]. The average Bonchev–Trinajstić information content (AvgIpc) is 3.56. The van der Waals surface area contributed by atoms with Gasteiger partial charge in [0.05, 0.1) is 0 Å². The van der Waals surface area contributed by atoms with Crippen LogP contribution in [-0.2, 0) is 40.2 Å². The van der Waals surface area contributed by atoms with E-state index >= 15 is 0 Å². The first kappa shape index (κ1) is 34.7. The smallest absolute Gasteiger partial charge is 0 e. The molecule has 182 valence electrons. The fraction of sp³-hybridized carbons (Fsp3) is 0.250. The molecule has 0 aromatic carbocycles. The van der Waals surface area contributed by atoms with E-state index in [0.717, 1.165) is 0 Å². The molecule has 4 heterocycles. The van der Waals surface area contributed by atoms with Gasteiger partial charge in [0.15, 0.2) is 0 Å². The van der Waals surface area contributed by atoms with E-state index in [0.29, 0.717) is 105 Å². The van der Waals surface area contributed by atoms with Crippen LogP contribution in [0.15, 0.2) is 44.2 Å². The summed E-state index contributed by atoms with van der Waals surface area (Å²) in [6.07, 6.45) is 7.23. The summed E-state index contributed by atoms with van der Waals surface area (Å²) in [6, 6.07) is 0. The predicted molar refractivity (Wildman–Crippen MR) is 128 cm³/mol. The van der Waals surface area contributed by atoms with Crippen molar-refractivity contribution in [3.63, 3.8) is 0 Å². The summed E-state index contributed by atoms with van der Waals surface area (Å²) in [5.41, 5.74) is 0. The van der Waals surface area contributed by atoms with E-state index in [1.807, 2.05) is 44.2 Å². The predicted octanol–water partition coefficient (Wildman–Crippen LogP) is -1.16. The van der Waals surface area contributed by atoms with Gasteiger partial charge in [0, 0.05) is 21.1 Å². The van der Waals surface area contributed by atoms with Crippen LogP contribution in [0.1, 0.15) is 0 Å². The Morgan fingerprint density at radius 1 is 0.455 bits per heavy atom. The molecule has 17 heteroatoms.